The molecule has 0 bridgehead atoms. The topological polar surface area (TPSA) is 102 Å². The molecule has 172 valence electrons. The number of nitrogen functional groups attached to an aromatic ring is 1. The van der Waals surface area contributed by atoms with Gasteiger partial charge in [0.2, 0.25) is 11.8 Å². The molecule has 3 heterocycles. The highest BCUT2D eigenvalue weighted by molar-refractivity contribution is 6.07. The summed E-state index contributed by atoms with van der Waals surface area (Å²) in [6.45, 7) is 4.66. The van der Waals surface area contributed by atoms with Crippen molar-refractivity contribution >= 4 is 23.5 Å². The number of anilines is 2. The molecule has 0 aliphatic carbocycles. The van der Waals surface area contributed by atoms with E-state index >= 15 is 0 Å². The molecule has 0 saturated carbocycles. The first-order valence-electron chi connectivity index (χ1n) is 11.2. The molecule has 8 heteroatoms. The van der Waals surface area contributed by atoms with E-state index in [0.717, 1.165) is 24.2 Å². The van der Waals surface area contributed by atoms with Crippen molar-refractivity contribution in [2.45, 2.75) is 24.8 Å². The summed E-state index contributed by atoms with van der Waals surface area (Å²) in [5, 5.41) is 0. The molecule has 8 nitrogen and oxygen atoms in total. The molecule has 1 saturated heterocycles. The average molecular weight is 456 g/mol. The largest absolute Gasteiger partial charge is 0.457 e. The van der Waals surface area contributed by atoms with Crippen LogP contribution in [-0.4, -0.2) is 45.8 Å². The number of nitrogens with zero attached hydrogens (tertiary/aromatic N) is 4. The number of hydrogen-bond donors (Lipinski definition) is 1. The quantitative estimate of drug-likeness (QED) is 0.591. The van der Waals surface area contributed by atoms with Crippen molar-refractivity contribution in [3.63, 3.8) is 0 Å². The van der Waals surface area contributed by atoms with Gasteiger partial charge in [-0.3, -0.25) is 14.5 Å². The molecule has 34 heavy (non-hydrogen) atoms. The molecule has 3 aromatic rings. The third-order valence-corrected chi connectivity index (χ3v) is 6.34. The van der Waals surface area contributed by atoms with E-state index in [1.54, 1.807) is 9.80 Å². The molecule has 1 aromatic heterocycles. The van der Waals surface area contributed by atoms with Gasteiger partial charge in [-0.25, -0.2) is 9.97 Å². The number of ether oxygens (including phenoxy) is 1. The van der Waals surface area contributed by atoms with E-state index in [1.165, 1.54) is 12.4 Å². The van der Waals surface area contributed by atoms with Gasteiger partial charge in [0, 0.05) is 13.1 Å². The number of fused-ring (bicyclic) bond motifs is 1. The number of nitrogens with two attached hydrogens (primary N) is 1. The van der Waals surface area contributed by atoms with E-state index in [4.69, 9.17) is 10.5 Å². The summed E-state index contributed by atoms with van der Waals surface area (Å²) in [5.41, 5.74) is 7.64. The van der Waals surface area contributed by atoms with Crippen LogP contribution in [0.4, 0.5) is 11.6 Å². The Bertz CT molecular complexity index is 1230. The second-order valence-corrected chi connectivity index (χ2v) is 8.41. The molecule has 2 aliphatic heterocycles. The van der Waals surface area contributed by atoms with Crippen molar-refractivity contribution in [3.8, 4) is 11.5 Å². The highest BCUT2D eigenvalue weighted by Gasteiger charge is 2.45. The normalized spacial score (nSPS) is 19.6. The number of carbonyl (C=O) groups is 2. The van der Waals surface area contributed by atoms with Gasteiger partial charge in [0.1, 0.15) is 29.5 Å². The monoisotopic (exact) mass is 455 g/mol. The lowest BCUT2D eigenvalue weighted by molar-refractivity contribution is -0.128. The van der Waals surface area contributed by atoms with Gasteiger partial charge in [-0.2, -0.15) is 0 Å². The summed E-state index contributed by atoms with van der Waals surface area (Å²) < 4.78 is 5.89. The fraction of sp³-hybridized carbons (Fsp3) is 0.231. The van der Waals surface area contributed by atoms with Crippen molar-refractivity contribution in [3.05, 3.63) is 84.7 Å². The fourth-order valence-electron chi connectivity index (χ4n) is 4.75. The van der Waals surface area contributed by atoms with Crippen molar-refractivity contribution in [1.29, 1.82) is 0 Å². The van der Waals surface area contributed by atoms with E-state index in [2.05, 4.69) is 16.5 Å². The van der Waals surface area contributed by atoms with Crippen molar-refractivity contribution in [1.82, 2.24) is 14.9 Å². The minimum absolute atomic E-state index is 0.114. The van der Waals surface area contributed by atoms with Crippen LogP contribution in [0.25, 0.3) is 0 Å². The first kappa shape index (κ1) is 21.6. The highest BCUT2D eigenvalue weighted by atomic mass is 16.5. The Morgan fingerprint density at radius 3 is 2.56 bits per heavy atom. The van der Waals surface area contributed by atoms with Gasteiger partial charge >= 0.3 is 0 Å². The molecule has 1 fully saturated rings. The third-order valence-electron chi connectivity index (χ3n) is 6.34. The lowest BCUT2D eigenvalue weighted by atomic mass is 9.93. The SMILES string of the molecule is C=CC(=O)N1CCC[C@H](N2C(=O)C(c3ccc(Oc4ccccc4)cc3)c3c(N)ncnc32)C1. The van der Waals surface area contributed by atoms with Crippen LogP contribution < -0.4 is 15.4 Å². The number of likely N-dealkylation sites (tertiary alicyclic amines) is 1. The van der Waals surface area contributed by atoms with Gasteiger partial charge in [0.15, 0.2) is 0 Å². The summed E-state index contributed by atoms with van der Waals surface area (Å²) in [6.07, 6.45) is 4.25. The minimum atomic E-state index is -0.618. The summed E-state index contributed by atoms with van der Waals surface area (Å²) >= 11 is 0. The van der Waals surface area contributed by atoms with Crippen LogP contribution in [0.15, 0.2) is 73.6 Å². The van der Waals surface area contributed by atoms with E-state index in [0.29, 0.717) is 30.2 Å². The van der Waals surface area contributed by atoms with Crippen LogP contribution in [0.3, 0.4) is 0 Å². The maximum Gasteiger partial charge on any atom is 0.246 e. The zero-order chi connectivity index (χ0) is 23.7. The predicted octanol–water partition coefficient (Wildman–Crippen LogP) is 3.51. The summed E-state index contributed by atoms with van der Waals surface area (Å²) in [5.74, 6) is 1.34. The number of hydrogen-bond acceptors (Lipinski definition) is 6. The molecule has 2 aliphatic rings. The molecule has 2 N–H and O–H groups in total. The molecule has 5 rings (SSSR count). The Balaban J connectivity index is 1.45. The van der Waals surface area contributed by atoms with Crippen LogP contribution in [-0.2, 0) is 9.59 Å². The number of rotatable bonds is 5. The van der Waals surface area contributed by atoms with Crippen LogP contribution in [0.1, 0.15) is 29.9 Å². The van der Waals surface area contributed by atoms with Crippen molar-refractivity contribution in [2.24, 2.45) is 0 Å². The Morgan fingerprint density at radius 1 is 1.09 bits per heavy atom. The fourth-order valence-corrected chi connectivity index (χ4v) is 4.75. The number of carbonyl (C=O) groups excluding carboxylic acids is 2. The van der Waals surface area contributed by atoms with Crippen LogP contribution in [0.5, 0.6) is 11.5 Å². The van der Waals surface area contributed by atoms with Crippen LogP contribution >= 0.6 is 0 Å². The molecule has 0 radical (unpaired) electrons. The van der Waals surface area contributed by atoms with E-state index < -0.39 is 5.92 Å². The van der Waals surface area contributed by atoms with E-state index in [1.807, 2.05) is 54.6 Å². The molecular weight excluding hydrogens is 430 g/mol. The number of piperidine rings is 1. The maximum atomic E-state index is 13.8. The lowest BCUT2D eigenvalue weighted by Crippen LogP contribution is -2.51. The Kier molecular flexibility index (Phi) is 5.71. The van der Waals surface area contributed by atoms with E-state index in [9.17, 15) is 9.59 Å². The van der Waals surface area contributed by atoms with Gasteiger partial charge in [-0.1, -0.05) is 36.9 Å². The smallest absolute Gasteiger partial charge is 0.246 e. The van der Waals surface area contributed by atoms with Gasteiger partial charge in [-0.05, 0) is 48.7 Å². The van der Waals surface area contributed by atoms with Crippen LogP contribution in [0, 0.1) is 0 Å². The molecule has 0 spiro atoms. The van der Waals surface area contributed by atoms with Crippen molar-refractivity contribution in [2.75, 3.05) is 23.7 Å². The standard InChI is InChI=1S/C26H25N5O3/c1-2-21(32)30-14-6-7-18(15-30)31-25-23(24(27)28-16-29-25)22(26(31)33)17-10-12-20(13-11-17)34-19-8-4-3-5-9-19/h2-5,8-13,16,18,22H,1,6-7,14-15H2,(H2,27,28,29)/t18-,22?/m0/s1. The van der Waals surface area contributed by atoms with Crippen molar-refractivity contribution < 1.29 is 14.3 Å². The van der Waals surface area contributed by atoms with Gasteiger partial charge < -0.3 is 15.4 Å². The first-order valence-corrected chi connectivity index (χ1v) is 11.2. The van der Waals surface area contributed by atoms with Gasteiger partial charge in [0.25, 0.3) is 0 Å². The number of para-hydroxylation sites is 1. The molecule has 2 atom stereocenters. The number of amides is 2. The molecule has 2 amide bonds. The second kappa shape index (κ2) is 8.97. The Hall–Kier alpha value is -4.20. The average Bonchev–Trinajstić information content (AvgIpc) is 3.17. The minimum Gasteiger partial charge on any atom is -0.457 e. The predicted molar refractivity (Wildman–Crippen MR) is 129 cm³/mol. The summed E-state index contributed by atoms with van der Waals surface area (Å²) in [7, 11) is 0. The third kappa shape index (κ3) is 3.87. The number of aromatic nitrogens is 2. The zero-order valence-corrected chi connectivity index (χ0v) is 18.6. The second-order valence-electron chi connectivity index (χ2n) is 8.41. The van der Waals surface area contributed by atoms with Gasteiger partial charge in [0.05, 0.1) is 17.5 Å². The van der Waals surface area contributed by atoms with Gasteiger partial charge in [-0.15, -0.1) is 0 Å². The Morgan fingerprint density at radius 2 is 1.82 bits per heavy atom. The molecule has 2 aromatic carbocycles. The lowest BCUT2D eigenvalue weighted by Gasteiger charge is -2.37. The molecule has 1 unspecified atom stereocenters. The summed E-state index contributed by atoms with van der Waals surface area (Å²) in [6, 6.07) is 16.7. The summed E-state index contributed by atoms with van der Waals surface area (Å²) in [4.78, 5) is 38.0. The first-order chi connectivity index (χ1) is 16.6. The Labute approximate surface area is 197 Å². The van der Waals surface area contributed by atoms with E-state index in [-0.39, 0.29) is 23.7 Å². The molecular formula is C26H25N5O3. The van der Waals surface area contributed by atoms with Crippen LogP contribution in [0.2, 0.25) is 0 Å². The maximum absolute atomic E-state index is 13.8. The highest BCUT2D eigenvalue weighted by Crippen LogP contribution is 2.44. The zero-order valence-electron chi connectivity index (χ0n) is 18.6. The number of benzene rings is 2.